The zero-order valence-electron chi connectivity index (χ0n) is 23.6. The van der Waals surface area contributed by atoms with E-state index >= 15 is 0 Å². The number of sulfonamides is 1. The zero-order chi connectivity index (χ0) is 31.0. The van der Waals surface area contributed by atoms with Gasteiger partial charge in [0, 0.05) is 25.0 Å². The average molecular weight is 624 g/mol. The maximum Gasteiger partial charge on any atom is 0.264 e. The first-order valence-corrected chi connectivity index (χ1v) is 15.2. The van der Waals surface area contributed by atoms with Gasteiger partial charge in [-0.2, -0.15) is 0 Å². The van der Waals surface area contributed by atoms with Crippen LogP contribution >= 0.6 is 11.6 Å². The fraction of sp³-hybridized carbons (Fsp3) is 0.188. The lowest BCUT2D eigenvalue weighted by Gasteiger charge is -2.33. The third-order valence-corrected chi connectivity index (χ3v) is 9.01. The molecular formula is C32H31ClFN3O5S. The Balaban J connectivity index is 1.79. The molecule has 4 aromatic carbocycles. The summed E-state index contributed by atoms with van der Waals surface area (Å²) in [6, 6.07) is 25.6. The summed E-state index contributed by atoms with van der Waals surface area (Å²) in [5.74, 6) is -1.22. The Hall–Kier alpha value is -4.41. The summed E-state index contributed by atoms with van der Waals surface area (Å²) in [5.41, 5.74) is 1.45. The highest BCUT2D eigenvalue weighted by Gasteiger charge is 2.34. The number of rotatable bonds is 12. The summed E-state index contributed by atoms with van der Waals surface area (Å²) in [6.07, 6.45) is 0.165. The molecule has 4 rings (SSSR count). The van der Waals surface area contributed by atoms with Gasteiger partial charge in [0.2, 0.25) is 11.8 Å². The van der Waals surface area contributed by atoms with Crippen molar-refractivity contribution in [3.8, 4) is 5.75 Å². The molecule has 0 heterocycles. The molecule has 11 heteroatoms. The number of likely N-dealkylation sites (N-methyl/N-ethyl adjacent to an activating group) is 1. The van der Waals surface area contributed by atoms with Gasteiger partial charge in [-0.05, 0) is 65.7 Å². The molecule has 0 spiro atoms. The lowest BCUT2D eigenvalue weighted by Crippen LogP contribution is -2.53. The van der Waals surface area contributed by atoms with Crippen molar-refractivity contribution in [1.29, 1.82) is 0 Å². The second kappa shape index (κ2) is 14.2. The molecule has 0 aliphatic heterocycles. The number of nitrogens with zero attached hydrogens (tertiary/aromatic N) is 2. The van der Waals surface area contributed by atoms with Gasteiger partial charge in [-0.15, -0.1) is 0 Å². The molecule has 0 aromatic heterocycles. The molecule has 1 N–H and O–H groups in total. The molecule has 2 amide bonds. The third-order valence-electron chi connectivity index (χ3n) is 6.86. The van der Waals surface area contributed by atoms with Crippen LogP contribution in [0, 0.1) is 5.82 Å². The number of hydrogen-bond acceptors (Lipinski definition) is 5. The maximum atomic E-state index is 14.2. The van der Waals surface area contributed by atoms with Gasteiger partial charge < -0.3 is 15.0 Å². The van der Waals surface area contributed by atoms with Crippen LogP contribution in [0.25, 0.3) is 0 Å². The zero-order valence-corrected chi connectivity index (χ0v) is 25.2. The fourth-order valence-electron chi connectivity index (χ4n) is 4.54. The van der Waals surface area contributed by atoms with E-state index in [1.165, 1.54) is 55.5 Å². The second-order valence-corrected chi connectivity index (χ2v) is 11.9. The van der Waals surface area contributed by atoms with E-state index in [0.29, 0.717) is 16.3 Å². The Kier molecular flexibility index (Phi) is 10.4. The quantitative estimate of drug-likeness (QED) is 0.238. The summed E-state index contributed by atoms with van der Waals surface area (Å²) >= 11 is 6.45. The Morgan fingerprint density at radius 2 is 1.53 bits per heavy atom. The van der Waals surface area contributed by atoms with Crippen LogP contribution in [0.1, 0.15) is 11.1 Å². The van der Waals surface area contributed by atoms with Gasteiger partial charge in [0.25, 0.3) is 10.0 Å². The van der Waals surface area contributed by atoms with Gasteiger partial charge >= 0.3 is 0 Å². The minimum Gasteiger partial charge on any atom is -0.497 e. The van der Waals surface area contributed by atoms with E-state index in [0.717, 1.165) is 22.0 Å². The summed E-state index contributed by atoms with van der Waals surface area (Å²) in [6.45, 7) is -0.740. The largest absolute Gasteiger partial charge is 0.497 e. The monoisotopic (exact) mass is 623 g/mol. The van der Waals surface area contributed by atoms with Gasteiger partial charge in [0.15, 0.2) is 0 Å². The number of halogens is 2. The van der Waals surface area contributed by atoms with Crippen molar-refractivity contribution < 1.29 is 27.1 Å². The normalized spacial score (nSPS) is 11.8. The van der Waals surface area contributed by atoms with Crippen LogP contribution in [-0.4, -0.2) is 51.9 Å². The van der Waals surface area contributed by atoms with Crippen molar-refractivity contribution in [3.05, 3.63) is 125 Å². The molecular weight excluding hydrogens is 593 g/mol. The van der Waals surface area contributed by atoms with Crippen molar-refractivity contribution in [2.45, 2.75) is 23.9 Å². The number of carbonyl (C=O) groups excluding carboxylic acids is 2. The topological polar surface area (TPSA) is 96.0 Å². The minimum atomic E-state index is -4.33. The number of carbonyl (C=O) groups is 2. The van der Waals surface area contributed by atoms with Gasteiger partial charge in [0.1, 0.15) is 24.2 Å². The molecule has 0 aliphatic rings. The smallest absolute Gasteiger partial charge is 0.264 e. The van der Waals surface area contributed by atoms with E-state index in [4.69, 9.17) is 16.3 Å². The molecule has 0 saturated carbocycles. The van der Waals surface area contributed by atoms with Crippen LogP contribution in [0.5, 0.6) is 5.75 Å². The van der Waals surface area contributed by atoms with E-state index in [1.54, 1.807) is 24.3 Å². The molecule has 1 atom stereocenters. The second-order valence-electron chi connectivity index (χ2n) is 9.60. The lowest BCUT2D eigenvalue weighted by atomic mass is 10.0. The predicted molar refractivity (Wildman–Crippen MR) is 164 cm³/mol. The highest BCUT2D eigenvalue weighted by atomic mass is 35.5. The fourth-order valence-corrected chi connectivity index (χ4v) is 6.15. The van der Waals surface area contributed by atoms with Crippen LogP contribution in [0.2, 0.25) is 5.02 Å². The van der Waals surface area contributed by atoms with Crippen LogP contribution in [-0.2, 0) is 32.6 Å². The van der Waals surface area contributed by atoms with E-state index in [-0.39, 0.29) is 23.5 Å². The third kappa shape index (κ3) is 7.71. The summed E-state index contributed by atoms with van der Waals surface area (Å²) in [5, 5.41) is 3.01. The highest BCUT2D eigenvalue weighted by Crippen LogP contribution is 2.27. The SMILES string of the molecule is CNC(=O)C(Cc1ccccc1)N(Cc1ccccc1Cl)C(=O)CN(c1ccc(F)cc1)S(=O)(=O)c1ccc(OC)cc1. The van der Waals surface area contributed by atoms with Gasteiger partial charge in [-0.1, -0.05) is 60.1 Å². The first kappa shape index (κ1) is 31.5. The Morgan fingerprint density at radius 1 is 0.907 bits per heavy atom. The van der Waals surface area contributed by atoms with Crippen molar-refractivity contribution in [2.24, 2.45) is 0 Å². The Morgan fingerprint density at radius 3 is 2.14 bits per heavy atom. The molecule has 0 aliphatic carbocycles. The van der Waals surface area contributed by atoms with Crippen LogP contribution in [0.4, 0.5) is 10.1 Å². The number of nitrogens with one attached hydrogen (secondary N) is 1. The summed E-state index contributed by atoms with van der Waals surface area (Å²) in [4.78, 5) is 28.8. The van der Waals surface area contributed by atoms with E-state index < -0.39 is 40.2 Å². The van der Waals surface area contributed by atoms with Gasteiger partial charge in [-0.3, -0.25) is 13.9 Å². The van der Waals surface area contributed by atoms with Crippen LogP contribution < -0.4 is 14.4 Å². The van der Waals surface area contributed by atoms with Gasteiger partial charge in [-0.25, -0.2) is 12.8 Å². The summed E-state index contributed by atoms with van der Waals surface area (Å²) in [7, 11) is -1.40. The Labute approximate surface area is 255 Å². The van der Waals surface area contributed by atoms with Crippen molar-refractivity contribution in [2.75, 3.05) is 25.0 Å². The number of amides is 2. The molecule has 1 unspecified atom stereocenters. The van der Waals surface area contributed by atoms with E-state index in [9.17, 15) is 22.4 Å². The number of hydrogen-bond donors (Lipinski definition) is 1. The van der Waals surface area contributed by atoms with E-state index in [1.807, 2.05) is 30.3 Å². The number of ether oxygens (including phenoxy) is 1. The Bertz CT molecular complexity index is 1650. The van der Waals surface area contributed by atoms with Crippen molar-refractivity contribution >= 4 is 39.1 Å². The van der Waals surface area contributed by atoms with Crippen LogP contribution in [0.15, 0.2) is 108 Å². The number of anilines is 1. The van der Waals surface area contributed by atoms with E-state index in [2.05, 4.69) is 5.32 Å². The molecule has 0 radical (unpaired) electrons. The minimum absolute atomic E-state index is 0.0662. The molecule has 4 aromatic rings. The number of methoxy groups -OCH3 is 1. The molecule has 43 heavy (non-hydrogen) atoms. The van der Waals surface area contributed by atoms with Crippen LogP contribution in [0.3, 0.4) is 0 Å². The average Bonchev–Trinajstić information content (AvgIpc) is 3.02. The standard InChI is InChI=1S/C32H31ClFN3O5S/c1-35-32(39)30(20-23-8-4-3-5-9-23)36(21-24-10-6-7-11-29(24)33)31(38)22-37(26-14-12-25(34)13-15-26)43(40,41)28-18-16-27(42-2)17-19-28/h3-19,30H,20-22H2,1-2H3,(H,35,39). The first-order chi connectivity index (χ1) is 20.6. The molecule has 0 bridgehead atoms. The molecule has 8 nitrogen and oxygen atoms in total. The molecule has 224 valence electrons. The number of benzene rings is 4. The summed E-state index contributed by atoms with van der Waals surface area (Å²) < 4.78 is 47.8. The van der Waals surface area contributed by atoms with Crippen molar-refractivity contribution in [3.63, 3.8) is 0 Å². The molecule has 0 fully saturated rings. The lowest BCUT2D eigenvalue weighted by molar-refractivity contribution is -0.139. The molecule has 0 saturated heterocycles. The maximum absolute atomic E-state index is 14.2. The predicted octanol–water partition coefficient (Wildman–Crippen LogP) is 5.07. The highest BCUT2D eigenvalue weighted by molar-refractivity contribution is 7.92. The van der Waals surface area contributed by atoms with Gasteiger partial charge in [0.05, 0.1) is 17.7 Å². The first-order valence-electron chi connectivity index (χ1n) is 13.3. The van der Waals surface area contributed by atoms with Crippen molar-refractivity contribution in [1.82, 2.24) is 10.2 Å².